The standard InChI is InChI=1S/C20H21F3N4O2S/c1-12(16-6-7-17(30-16)29-11-20(21,22)23)24-18(28)13-8-9-27(10-13)19-25-14-4-2-3-5-15(14)26-19/h2-7,12-13H,8-11H2,1H3,(H,24,28)(H,25,26)/t12-,13?/m1/s1. The van der Waals surface area contributed by atoms with Gasteiger partial charge in [0.25, 0.3) is 0 Å². The van der Waals surface area contributed by atoms with Crippen LogP contribution in [0.5, 0.6) is 5.06 Å². The van der Waals surface area contributed by atoms with Crippen LogP contribution in [0.2, 0.25) is 0 Å². The van der Waals surface area contributed by atoms with Crippen molar-refractivity contribution in [2.24, 2.45) is 5.92 Å². The predicted molar refractivity (Wildman–Crippen MR) is 109 cm³/mol. The molecule has 0 aliphatic carbocycles. The highest BCUT2D eigenvalue weighted by atomic mass is 32.1. The van der Waals surface area contributed by atoms with Crippen molar-refractivity contribution in [1.82, 2.24) is 15.3 Å². The number of imidazole rings is 1. The number of rotatable bonds is 6. The number of benzene rings is 1. The van der Waals surface area contributed by atoms with Crippen LogP contribution in [0.15, 0.2) is 36.4 Å². The number of para-hydroxylation sites is 2. The van der Waals surface area contributed by atoms with Gasteiger partial charge < -0.3 is 19.9 Å². The zero-order chi connectivity index (χ0) is 21.3. The number of nitrogens with zero attached hydrogens (tertiary/aromatic N) is 2. The van der Waals surface area contributed by atoms with E-state index in [1.54, 1.807) is 6.07 Å². The van der Waals surface area contributed by atoms with Crippen molar-refractivity contribution in [2.75, 3.05) is 24.6 Å². The third-order valence-corrected chi connectivity index (χ3v) is 6.18. The Bertz CT molecular complexity index is 999. The number of amides is 1. The number of aromatic nitrogens is 2. The first-order chi connectivity index (χ1) is 14.3. The molecule has 0 spiro atoms. The van der Waals surface area contributed by atoms with Crippen LogP contribution >= 0.6 is 11.3 Å². The summed E-state index contributed by atoms with van der Waals surface area (Å²) in [5.41, 5.74) is 1.84. The molecule has 0 bridgehead atoms. The molecule has 0 saturated carbocycles. The predicted octanol–water partition coefficient (Wildman–Crippen LogP) is 4.27. The largest absolute Gasteiger partial charge is 0.475 e. The summed E-state index contributed by atoms with van der Waals surface area (Å²) in [7, 11) is 0. The number of thiophene rings is 1. The van der Waals surface area contributed by atoms with Crippen LogP contribution in [0.3, 0.4) is 0 Å². The van der Waals surface area contributed by atoms with Crippen LogP contribution in [-0.4, -0.2) is 41.7 Å². The van der Waals surface area contributed by atoms with E-state index >= 15 is 0 Å². The lowest BCUT2D eigenvalue weighted by atomic mass is 10.1. The van der Waals surface area contributed by atoms with Gasteiger partial charge in [-0.25, -0.2) is 4.98 Å². The summed E-state index contributed by atoms with van der Waals surface area (Å²) < 4.78 is 41.6. The van der Waals surface area contributed by atoms with Crippen molar-refractivity contribution in [2.45, 2.75) is 25.6 Å². The van der Waals surface area contributed by atoms with Crippen LogP contribution in [0.4, 0.5) is 19.1 Å². The van der Waals surface area contributed by atoms with Gasteiger partial charge in [-0.1, -0.05) is 12.1 Å². The number of nitrogens with one attached hydrogen (secondary N) is 2. The second-order valence-electron chi connectivity index (χ2n) is 7.30. The number of hydrogen-bond donors (Lipinski definition) is 2. The number of fused-ring (bicyclic) bond motifs is 1. The fourth-order valence-corrected chi connectivity index (χ4v) is 4.31. The minimum atomic E-state index is -4.38. The maximum absolute atomic E-state index is 12.7. The normalized spacial score (nSPS) is 18.0. The Hall–Kier alpha value is -2.75. The quantitative estimate of drug-likeness (QED) is 0.603. The molecule has 1 amide bonds. The molecule has 30 heavy (non-hydrogen) atoms. The Morgan fingerprint density at radius 3 is 2.93 bits per heavy atom. The summed E-state index contributed by atoms with van der Waals surface area (Å²) in [6, 6.07) is 10.6. The highest BCUT2D eigenvalue weighted by Crippen LogP contribution is 2.31. The van der Waals surface area contributed by atoms with E-state index in [4.69, 9.17) is 4.74 Å². The minimum Gasteiger partial charge on any atom is -0.475 e. The van der Waals surface area contributed by atoms with Crippen molar-refractivity contribution >= 4 is 34.2 Å². The fraction of sp³-hybridized carbons (Fsp3) is 0.400. The third kappa shape index (κ3) is 4.69. The van der Waals surface area contributed by atoms with Gasteiger partial charge in [-0.2, -0.15) is 13.2 Å². The van der Waals surface area contributed by atoms with Crippen molar-refractivity contribution in [3.05, 3.63) is 41.3 Å². The van der Waals surface area contributed by atoms with Gasteiger partial charge in [-0.3, -0.25) is 4.79 Å². The number of hydrogen-bond acceptors (Lipinski definition) is 5. The van der Waals surface area contributed by atoms with E-state index < -0.39 is 12.8 Å². The first kappa shape index (κ1) is 20.5. The number of carbonyl (C=O) groups is 1. The molecule has 4 rings (SSSR count). The summed E-state index contributed by atoms with van der Waals surface area (Å²) in [5.74, 6) is 0.498. The zero-order valence-corrected chi connectivity index (χ0v) is 17.0. The maximum Gasteiger partial charge on any atom is 0.422 e. The van der Waals surface area contributed by atoms with E-state index in [2.05, 4.69) is 20.2 Å². The molecule has 1 aromatic carbocycles. The molecule has 10 heteroatoms. The Labute approximate surface area is 175 Å². The molecule has 1 saturated heterocycles. The Morgan fingerprint density at radius 2 is 2.17 bits per heavy atom. The maximum atomic E-state index is 12.7. The van der Waals surface area contributed by atoms with Crippen LogP contribution in [-0.2, 0) is 4.79 Å². The summed E-state index contributed by atoms with van der Waals surface area (Å²) >= 11 is 1.10. The van der Waals surface area contributed by atoms with Crippen molar-refractivity contribution in [1.29, 1.82) is 0 Å². The van der Waals surface area contributed by atoms with Gasteiger partial charge in [-0.05, 0) is 37.6 Å². The van der Waals surface area contributed by atoms with Crippen molar-refractivity contribution in [3.8, 4) is 5.06 Å². The Balaban J connectivity index is 1.32. The zero-order valence-electron chi connectivity index (χ0n) is 16.2. The highest BCUT2D eigenvalue weighted by molar-refractivity contribution is 7.13. The molecule has 2 N–H and O–H groups in total. The Morgan fingerprint density at radius 1 is 1.37 bits per heavy atom. The van der Waals surface area contributed by atoms with Crippen molar-refractivity contribution in [3.63, 3.8) is 0 Å². The van der Waals surface area contributed by atoms with Gasteiger partial charge in [0, 0.05) is 18.0 Å². The lowest BCUT2D eigenvalue weighted by Crippen LogP contribution is -2.34. The molecule has 3 aromatic rings. The van der Waals surface area contributed by atoms with Crippen LogP contribution in [0, 0.1) is 5.92 Å². The average Bonchev–Trinajstić information content (AvgIpc) is 3.44. The minimum absolute atomic E-state index is 0.0766. The number of anilines is 1. The van der Waals surface area contributed by atoms with Crippen LogP contribution in [0.1, 0.15) is 24.3 Å². The second kappa shape index (κ2) is 8.17. The molecule has 2 atom stereocenters. The molecular formula is C20H21F3N4O2S. The number of carbonyl (C=O) groups excluding carboxylic acids is 1. The molecular weight excluding hydrogens is 417 g/mol. The monoisotopic (exact) mass is 438 g/mol. The third-order valence-electron chi connectivity index (χ3n) is 5.00. The van der Waals surface area contributed by atoms with E-state index in [0.29, 0.717) is 13.0 Å². The van der Waals surface area contributed by atoms with Crippen molar-refractivity contribution < 1.29 is 22.7 Å². The number of ether oxygens (including phenoxy) is 1. The summed E-state index contributed by atoms with van der Waals surface area (Å²) in [6.45, 7) is 1.76. The second-order valence-corrected chi connectivity index (χ2v) is 8.38. The molecule has 0 radical (unpaired) electrons. The van der Waals surface area contributed by atoms with E-state index in [1.165, 1.54) is 6.07 Å². The molecule has 2 aromatic heterocycles. The molecule has 1 aliphatic rings. The van der Waals surface area contributed by atoms with Gasteiger partial charge in [0.05, 0.1) is 23.0 Å². The molecule has 3 heterocycles. The summed E-state index contributed by atoms with van der Waals surface area (Å²) in [4.78, 5) is 23.4. The van der Waals surface area contributed by atoms with Crippen LogP contribution < -0.4 is 15.0 Å². The molecule has 6 nitrogen and oxygen atoms in total. The van der Waals surface area contributed by atoms with E-state index in [1.807, 2.05) is 31.2 Å². The van der Waals surface area contributed by atoms with Gasteiger partial charge in [0.1, 0.15) is 0 Å². The molecule has 1 aliphatic heterocycles. The molecule has 1 unspecified atom stereocenters. The SMILES string of the molecule is C[C@@H](NC(=O)C1CCN(c2nc3ccccc3[nH]2)C1)c1ccc(OCC(F)(F)F)s1. The fourth-order valence-electron chi connectivity index (χ4n) is 3.46. The highest BCUT2D eigenvalue weighted by Gasteiger charge is 2.31. The molecule has 160 valence electrons. The summed E-state index contributed by atoms with van der Waals surface area (Å²) in [5, 5.41) is 3.14. The topological polar surface area (TPSA) is 70.2 Å². The van der Waals surface area contributed by atoms with Gasteiger partial charge in [-0.15, -0.1) is 11.3 Å². The lowest BCUT2D eigenvalue weighted by Gasteiger charge is -2.17. The van der Waals surface area contributed by atoms with Gasteiger partial charge in [0.15, 0.2) is 11.7 Å². The first-order valence-corrected chi connectivity index (χ1v) is 10.4. The number of halogens is 3. The lowest BCUT2D eigenvalue weighted by molar-refractivity contribution is -0.152. The van der Waals surface area contributed by atoms with E-state index in [9.17, 15) is 18.0 Å². The Kier molecular flexibility index (Phi) is 5.59. The number of alkyl halides is 3. The van der Waals surface area contributed by atoms with E-state index in [-0.39, 0.29) is 22.9 Å². The number of H-pyrrole nitrogens is 1. The average molecular weight is 438 g/mol. The first-order valence-electron chi connectivity index (χ1n) is 9.58. The summed E-state index contributed by atoms with van der Waals surface area (Å²) in [6.07, 6.45) is -3.67. The smallest absolute Gasteiger partial charge is 0.422 e. The van der Waals surface area contributed by atoms with Gasteiger partial charge in [0.2, 0.25) is 11.9 Å². The van der Waals surface area contributed by atoms with E-state index in [0.717, 1.165) is 39.7 Å². The number of aromatic amines is 1. The van der Waals surface area contributed by atoms with Gasteiger partial charge >= 0.3 is 6.18 Å². The van der Waals surface area contributed by atoms with Crippen LogP contribution in [0.25, 0.3) is 11.0 Å². The molecule has 1 fully saturated rings.